The summed E-state index contributed by atoms with van der Waals surface area (Å²) in [4.78, 5) is 22.4. The Morgan fingerprint density at radius 3 is 2.32 bits per heavy atom. The molecule has 2 aliphatic heterocycles. The summed E-state index contributed by atoms with van der Waals surface area (Å²) in [5.74, 6) is 0.624. The highest BCUT2D eigenvalue weighted by atomic mass is 79.9. The maximum absolute atomic E-state index is 13.5. The number of hydrogen-bond donors (Lipinski definition) is 1. The molecule has 3 heterocycles. The molecular weight excluding hydrogens is 545 g/mol. The molecule has 1 N–H and O–H groups in total. The van der Waals surface area contributed by atoms with Crippen molar-refractivity contribution in [3.05, 3.63) is 63.9 Å². The van der Waals surface area contributed by atoms with E-state index in [0.717, 1.165) is 53.8 Å². The minimum absolute atomic E-state index is 0.0251. The number of halogens is 4. The molecule has 1 aromatic carbocycles. The van der Waals surface area contributed by atoms with Gasteiger partial charge < -0.3 is 10.2 Å². The van der Waals surface area contributed by atoms with E-state index in [1.165, 1.54) is 0 Å². The predicted molar refractivity (Wildman–Crippen MR) is 142 cm³/mol. The summed E-state index contributed by atoms with van der Waals surface area (Å²) in [5.41, 5.74) is 0.690. The van der Waals surface area contributed by atoms with Crippen LogP contribution in [-0.4, -0.2) is 59.5 Å². The van der Waals surface area contributed by atoms with Gasteiger partial charge in [-0.3, -0.25) is 14.7 Å². The molecule has 1 aromatic heterocycles. The van der Waals surface area contributed by atoms with Crippen LogP contribution >= 0.6 is 15.9 Å². The van der Waals surface area contributed by atoms with E-state index in [1.54, 1.807) is 18.3 Å². The monoisotopic (exact) mass is 580 g/mol. The van der Waals surface area contributed by atoms with Crippen LogP contribution < -0.4 is 5.32 Å². The number of nitrogens with one attached hydrogen (secondary N) is 1. The summed E-state index contributed by atoms with van der Waals surface area (Å²) in [6, 6.07) is 8.86. The van der Waals surface area contributed by atoms with Gasteiger partial charge in [0.25, 0.3) is 0 Å². The van der Waals surface area contributed by atoms with Crippen LogP contribution in [0, 0.1) is 11.3 Å². The molecule has 0 saturated carbocycles. The molecule has 1 amide bonds. The Balaban J connectivity index is 1.61. The molecule has 4 rings (SSSR count). The van der Waals surface area contributed by atoms with E-state index >= 15 is 0 Å². The van der Waals surface area contributed by atoms with Crippen molar-refractivity contribution in [3.63, 3.8) is 0 Å². The highest BCUT2D eigenvalue weighted by Gasteiger charge is 2.41. The Morgan fingerprint density at radius 2 is 1.76 bits per heavy atom. The summed E-state index contributed by atoms with van der Waals surface area (Å²) in [7, 11) is 0. The van der Waals surface area contributed by atoms with E-state index < -0.39 is 11.7 Å². The Morgan fingerprint density at radius 1 is 1.08 bits per heavy atom. The van der Waals surface area contributed by atoms with Gasteiger partial charge in [0.1, 0.15) is 0 Å². The van der Waals surface area contributed by atoms with Gasteiger partial charge in [-0.05, 0) is 83.0 Å². The summed E-state index contributed by atoms with van der Waals surface area (Å²) in [6.07, 6.45) is -0.0484. The van der Waals surface area contributed by atoms with Crippen molar-refractivity contribution in [2.75, 3.05) is 32.7 Å². The number of hydrogen-bond acceptors (Lipinski definition) is 4. The third kappa shape index (κ3) is 6.92. The molecule has 202 valence electrons. The number of aromatic nitrogens is 1. The van der Waals surface area contributed by atoms with Gasteiger partial charge in [-0.2, -0.15) is 13.2 Å². The number of pyridine rings is 1. The number of nitrogens with zero attached hydrogens (tertiary/aromatic N) is 3. The van der Waals surface area contributed by atoms with Crippen LogP contribution in [-0.2, 0) is 11.0 Å². The summed E-state index contributed by atoms with van der Waals surface area (Å²) >= 11 is 3.43. The topological polar surface area (TPSA) is 48.5 Å². The second-order valence-corrected chi connectivity index (χ2v) is 12.2. The van der Waals surface area contributed by atoms with Gasteiger partial charge in [-0.25, -0.2) is 0 Å². The minimum Gasteiger partial charge on any atom is -0.337 e. The first-order valence-corrected chi connectivity index (χ1v) is 13.8. The fraction of sp³-hybridized carbons (Fsp3) is 0.571. The van der Waals surface area contributed by atoms with Crippen molar-refractivity contribution in [3.8, 4) is 0 Å². The first-order chi connectivity index (χ1) is 17.4. The number of carbonyl (C=O) groups is 1. The SMILES string of the molecule is CC(C)(C)[C@H]1CN(C(c2ccc(C(F)(F)F)cc2)c2ccc(Br)cn2)CCN1C(=O)CC1CCNCC1. The second-order valence-electron chi connectivity index (χ2n) is 11.3. The average molecular weight is 582 g/mol. The lowest BCUT2D eigenvalue weighted by Crippen LogP contribution is -2.60. The quantitative estimate of drug-likeness (QED) is 0.478. The number of carbonyl (C=O) groups excluding carboxylic acids is 1. The van der Waals surface area contributed by atoms with Gasteiger partial charge >= 0.3 is 6.18 Å². The summed E-state index contributed by atoms with van der Waals surface area (Å²) in [5, 5.41) is 3.36. The number of rotatable bonds is 5. The zero-order valence-corrected chi connectivity index (χ0v) is 23.3. The largest absolute Gasteiger partial charge is 0.416 e. The first kappa shape index (κ1) is 28.0. The molecule has 2 aliphatic rings. The third-order valence-corrected chi connectivity index (χ3v) is 8.07. The first-order valence-electron chi connectivity index (χ1n) is 13.0. The molecular formula is C28H36BrF3N4O. The molecule has 2 atom stereocenters. The van der Waals surface area contributed by atoms with Gasteiger partial charge in [0.2, 0.25) is 5.91 Å². The van der Waals surface area contributed by atoms with Gasteiger partial charge in [0.15, 0.2) is 0 Å². The van der Waals surface area contributed by atoms with Crippen LogP contribution in [0.3, 0.4) is 0 Å². The van der Waals surface area contributed by atoms with Crippen LogP contribution in [0.4, 0.5) is 13.2 Å². The molecule has 0 spiro atoms. The number of piperazine rings is 1. The lowest BCUT2D eigenvalue weighted by atomic mass is 9.82. The molecule has 37 heavy (non-hydrogen) atoms. The van der Waals surface area contributed by atoms with Crippen LogP contribution in [0.15, 0.2) is 47.1 Å². The second kappa shape index (κ2) is 11.4. The van der Waals surface area contributed by atoms with Gasteiger partial charge in [-0.1, -0.05) is 32.9 Å². The van der Waals surface area contributed by atoms with E-state index in [0.29, 0.717) is 32.0 Å². The summed E-state index contributed by atoms with van der Waals surface area (Å²) in [6.45, 7) is 10.2. The van der Waals surface area contributed by atoms with Gasteiger partial charge in [0, 0.05) is 42.8 Å². The Labute approximate surface area is 225 Å². The fourth-order valence-corrected chi connectivity index (χ4v) is 5.74. The minimum atomic E-state index is -4.39. The molecule has 9 heteroatoms. The number of benzene rings is 1. The molecule has 0 aliphatic carbocycles. The van der Waals surface area contributed by atoms with Crippen molar-refractivity contribution in [1.29, 1.82) is 0 Å². The maximum atomic E-state index is 13.5. The molecule has 2 saturated heterocycles. The Hall–Kier alpha value is -1.97. The fourth-order valence-electron chi connectivity index (χ4n) is 5.50. The Bertz CT molecular complexity index is 1050. The smallest absolute Gasteiger partial charge is 0.337 e. The molecule has 5 nitrogen and oxygen atoms in total. The number of alkyl halides is 3. The summed E-state index contributed by atoms with van der Waals surface area (Å²) < 4.78 is 40.6. The third-order valence-electron chi connectivity index (χ3n) is 7.60. The lowest BCUT2D eigenvalue weighted by Gasteiger charge is -2.49. The van der Waals surface area contributed by atoms with Crippen molar-refractivity contribution in [2.45, 2.75) is 58.3 Å². The molecule has 2 aromatic rings. The van der Waals surface area contributed by atoms with E-state index in [9.17, 15) is 18.0 Å². The predicted octanol–water partition coefficient (Wildman–Crippen LogP) is 5.90. The van der Waals surface area contributed by atoms with E-state index in [1.807, 2.05) is 12.1 Å². The van der Waals surface area contributed by atoms with Crippen LogP contribution in [0.25, 0.3) is 0 Å². The van der Waals surface area contributed by atoms with Crippen LogP contribution in [0.1, 0.15) is 62.9 Å². The molecule has 2 fully saturated rings. The molecule has 1 unspecified atom stereocenters. The molecule has 0 bridgehead atoms. The average Bonchev–Trinajstić information content (AvgIpc) is 2.85. The van der Waals surface area contributed by atoms with Gasteiger partial charge in [0.05, 0.1) is 17.3 Å². The van der Waals surface area contributed by atoms with Crippen molar-refractivity contribution in [2.24, 2.45) is 11.3 Å². The molecule has 0 radical (unpaired) electrons. The van der Waals surface area contributed by atoms with E-state index in [2.05, 4.69) is 56.8 Å². The van der Waals surface area contributed by atoms with E-state index in [-0.39, 0.29) is 23.4 Å². The lowest BCUT2D eigenvalue weighted by molar-refractivity contribution is -0.141. The zero-order chi connectivity index (χ0) is 26.8. The zero-order valence-electron chi connectivity index (χ0n) is 21.7. The highest BCUT2D eigenvalue weighted by molar-refractivity contribution is 9.10. The number of amides is 1. The maximum Gasteiger partial charge on any atom is 0.416 e. The van der Waals surface area contributed by atoms with Crippen LogP contribution in [0.2, 0.25) is 0 Å². The van der Waals surface area contributed by atoms with Crippen molar-refractivity contribution in [1.82, 2.24) is 20.1 Å². The standard InChI is InChI=1S/C28H36BrF3N4O/c1-27(2,3)24-18-35(14-15-36(24)25(37)16-19-10-12-33-13-11-19)26(23-9-8-22(29)17-34-23)20-4-6-21(7-5-20)28(30,31)32/h4-9,17,19,24,26,33H,10-16,18H2,1-3H3/t24-,26?/m1/s1. The highest BCUT2D eigenvalue weighted by Crippen LogP contribution is 2.37. The van der Waals surface area contributed by atoms with Gasteiger partial charge in [-0.15, -0.1) is 0 Å². The van der Waals surface area contributed by atoms with Crippen LogP contribution in [0.5, 0.6) is 0 Å². The normalized spacial score (nSPS) is 21.2. The van der Waals surface area contributed by atoms with E-state index in [4.69, 9.17) is 0 Å². The van der Waals surface area contributed by atoms with Crippen molar-refractivity contribution >= 4 is 21.8 Å². The Kier molecular flexibility index (Phi) is 8.65. The number of piperidine rings is 1. The van der Waals surface area contributed by atoms with Crippen molar-refractivity contribution < 1.29 is 18.0 Å².